The molecule has 0 aliphatic carbocycles. The summed E-state index contributed by atoms with van der Waals surface area (Å²) in [4.78, 5) is 24.2. The first-order valence-corrected chi connectivity index (χ1v) is 5.62. The van der Waals surface area contributed by atoms with Crippen LogP contribution < -0.4 is 0 Å². The zero-order valence-electron chi connectivity index (χ0n) is 10.2. The monoisotopic (exact) mass is 231 g/mol. The van der Waals surface area contributed by atoms with Gasteiger partial charge in [0.2, 0.25) is 5.91 Å². The summed E-state index contributed by atoms with van der Waals surface area (Å²) in [6.45, 7) is 5.94. The molecule has 5 nitrogen and oxygen atoms in total. The Labute approximate surface area is 96.4 Å². The van der Waals surface area contributed by atoms with E-state index in [1.54, 1.807) is 20.8 Å². The first kappa shape index (κ1) is 14.9. The molecule has 0 spiro atoms. The van der Waals surface area contributed by atoms with E-state index in [1.165, 1.54) is 4.90 Å². The molecule has 0 aromatic rings. The highest BCUT2D eigenvalue weighted by atomic mass is 16.5. The zero-order valence-corrected chi connectivity index (χ0v) is 10.2. The lowest BCUT2D eigenvalue weighted by molar-refractivity contribution is -0.148. The van der Waals surface area contributed by atoms with Crippen molar-refractivity contribution in [1.82, 2.24) is 4.90 Å². The lowest BCUT2D eigenvalue weighted by Crippen LogP contribution is -2.36. The number of nitrogens with zero attached hydrogens (tertiary/aromatic N) is 1. The lowest BCUT2D eigenvalue weighted by Gasteiger charge is -2.20. The Kier molecular flexibility index (Phi) is 7.54. The highest BCUT2D eigenvalue weighted by molar-refractivity contribution is 5.82. The van der Waals surface area contributed by atoms with Gasteiger partial charge in [-0.05, 0) is 27.2 Å². The predicted octanol–water partition coefficient (Wildman–Crippen LogP) is 0.559. The van der Waals surface area contributed by atoms with Crippen molar-refractivity contribution in [2.75, 3.05) is 19.7 Å². The highest BCUT2D eigenvalue weighted by Crippen LogP contribution is 2.01. The highest BCUT2D eigenvalue weighted by Gasteiger charge is 2.16. The van der Waals surface area contributed by atoms with Crippen molar-refractivity contribution < 1.29 is 19.4 Å². The number of rotatable bonds is 7. The third-order valence-corrected chi connectivity index (χ3v) is 2.14. The Balaban J connectivity index is 4.06. The Morgan fingerprint density at radius 2 is 2.00 bits per heavy atom. The van der Waals surface area contributed by atoms with Crippen LogP contribution in [0.5, 0.6) is 0 Å². The predicted molar refractivity (Wildman–Crippen MR) is 59.8 cm³/mol. The molecule has 0 radical (unpaired) electrons. The molecule has 0 saturated heterocycles. The number of likely N-dealkylation sites (N-methyl/N-ethyl adjacent to an activating group) is 1. The third kappa shape index (κ3) is 6.40. The van der Waals surface area contributed by atoms with Gasteiger partial charge in [0.05, 0.1) is 12.7 Å². The van der Waals surface area contributed by atoms with Gasteiger partial charge in [-0.25, -0.2) is 0 Å². The Morgan fingerprint density at radius 3 is 2.44 bits per heavy atom. The number of esters is 1. The summed E-state index contributed by atoms with van der Waals surface area (Å²) in [5.41, 5.74) is 0. The van der Waals surface area contributed by atoms with Gasteiger partial charge < -0.3 is 14.7 Å². The average Bonchev–Trinajstić information content (AvgIpc) is 2.22. The summed E-state index contributed by atoms with van der Waals surface area (Å²) >= 11 is 0. The van der Waals surface area contributed by atoms with E-state index in [2.05, 4.69) is 0 Å². The molecular formula is C11H21NO4. The first-order chi connectivity index (χ1) is 7.51. The minimum Gasteiger partial charge on any atom is -0.465 e. The molecule has 1 amide bonds. The average molecular weight is 231 g/mol. The van der Waals surface area contributed by atoms with Gasteiger partial charge in [0.25, 0.3) is 0 Å². The molecular weight excluding hydrogens is 210 g/mol. The molecule has 1 unspecified atom stereocenters. The number of carbonyl (C=O) groups excluding carboxylic acids is 2. The molecule has 0 fully saturated rings. The SMILES string of the molecule is CCOC(=O)CN(CC)C(=O)CCC(C)O. The minimum atomic E-state index is -0.495. The maximum atomic E-state index is 11.6. The molecule has 0 aromatic heterocycles. The van der Waals surface area contributed by atoms with Crippen LogP contribution in [-0.2, 0) is 14.3 Å². The summed E-state index contributed by atoms with van der Waals surface area (Å²) < 4.78 is 4.77. The molecule has 0 heterocycles. The van der Waals surface area contributed by atoms with Crippen molar-refractivity contribution in [2.45, 2.75) is 39.7 Å². The summed E-state index contributed by atoms with van der Waals surface area (Å²) in [7, 11) is 0. The number of carbonyl (C=O) groups is 2. The lowest BCUT2D eigenvalue weighted by atomic mass is 10.2. The topological polar surface area (TPSA) is 66.8 Å². The van der Waals surface area contributed by atoms with Crippen LogP contribution in [0, 0.1) is 0 Å². The van der Waals surface area contributed by atoms with Gasteiger partial charge in [0, 0.05) is 13.0 Å². The third-order valence-electron chi connectivity index (χ3n) is 2.14. The Bertz CT molecular complexity index is 228. The molecule has 0 saturated carbocycles. The second kappa shape index (κ2) is 8.10. The van der Waals surface area contributed by atoms with Crippen LogP contribution in [0.1, 0.15) is 33.6 Å². The van der Waals surface area contributed by atoms with E-state index >= 15 is 0 Å². The number of aliphatic hydroxyl groups is 1. The van der Waals surface area contributed by atoms with Crippen molar-refractivity contribution in [2.24, 2.45) is 0 Å². The molecule has 1 N–H and O–H groups in total. The van der Waals surface area contributed by atoms with Gasteiger partial charge in [-0.2, -0.15) is 0 Å². The van der Waals surface area contributed by atoms with Gasteiger partial charge in [-0.15, -0.1) is 0 Å². The van der Waals surface area contributed by atoms with Crippen LogP contribution in [0.4, 0.5) is 0 Å². The summed E-state index contributed by atoms with van der Waals surface area (Å²) in [6.07, 6.45) is 0.175. The van der Waals surface area contributed by atoms with Gasteiger partial charge in [-0.3, -0.25) is 9.59 Å². The quantitative estimate of drug-likeness (QED) is 0.650. The van der Waals surface area contributed by atoms with Crippen LogP contribution in [0.25, 0.3) is 0 Å². The second-order valence-corrected chi connectivity index (χ2v) is 3.60. The molecule has 5 heteroatoms. The Morgan fingerprint density at radius 1 is 1.38 bits per heavy atom. The molecule has 0 aromatic carbocycles. The smallest absolute Gasteiger partial charge is 0.325 e. The fourth-order valence-electron chi connectivity index (χ4n) is 1.23. The fourth-order valence-corrected chi connectivity index (χ4v) is 1.23. The minimum absolute atomic E-state index is 0.0109. The molecule has 0 aliphatic rings. The van der Waals surface area contributed by atoms with Crippen molar-refractivity contribution >= 4 is 11.9 Å². The normalized spacial score (nSPS) is 12.0. The molecule has 0 rings (SSSR count). The standard InChI is InChI=1S/C11H21NO4/c1-4-12(8-11(15)16-5-2)10(14)7-6-9(3)13/h9,13H,4-8H2,1-3H3. The van der Waals surface area contributed by atoms with E-state index in [1.807, 2.05) is 0 Å². The van der Waals surface area contributed by atoms with E-state index in [-0.39, 0.29) is 18.9 Å². The summed E-state index contributed by atoms with van der Waals surface area (Å²) in [6, 6.07) is 0. The molecule has 0 aliphatic heterocycles. The Hall–Kier alpha value is -1.10. The molecule has 16 heavy (non-hydrogen) atoms. The van der Waals surface area contributed by atoms with Crippen molar-refractivity contribution in [3.8, 4) is 0 Å². The van der Waals surface area contributed by atoms with Gasteiger partial charge >= 0.3 is 5.97 Å². The zero-order chi connectivity index (χ0) is 12.6. The van der Waals surface area contributed by atoms with E-state index in [4.69, 9.17) is 9.84 Å². The van der Waals surface area contributed by atoms with Crippen LogP contribution in [0.3, 0.4) is 0 Å². The van der Waals surface area contributed by atoms with Crippen LogP contribution in [0.15, 0.2) is 0 Å². The van der Waals surface area contributed by atoms with Gasteiger partial charge in [0.1, 0.15) is 6.54 Å². The van der Waals surface area contributed by atoms with Crippen molar-refractivity contribution in [1.29, 1.82) is 0 Å². The van der Waals surface area contributed by atoms with E-state index in [9.17, 15) is 9.59 Å². The summed E-state index contributed by atoms with van der Waals surface area (Å²) in [5.74, 6) is -0.522. The number of amides is 1. The van der Waals surface area contributed by atoms with Gasteiger partial charge in [0.15, 0.2) is 0 Å². The fraction of sp³-hybridized carbons (Fsp3) is 0.818. The van der Waals surface area contributed by atoms with Crippen LogP contribution >= 0.6 is 0 Å². The van der Waals surface area contributed by atoms with Crippen molar-refractivity contribution in [3.05, 3.63) is 0 Å². The van der Waals surface area contributed by atoms with E-state index < -0.39 is 12.1 Å². The van der Waals surface area contributed by atoms with E-state index in [0.29, 0.717) is 19.6 Å². The van der Waals surface area contributed by atoms with Crippen LogP contribution in [-0.4, -0.2) is 47.7 Å². The number of ether oxygens (including phenoxy) is 1. The number of hydrogen-bond acceptors (Lipinski definition) is 4. The largest absolute Gasteiger partial charge is 0.465 e. The molecule has 1 atom stereocenters. The van der Waals surface area contributed by atoms with Crippen molar-refractivity contribution in [3.63, 3.8) is 0 Å². The van der Waals surface area contributed by atoms with Crippen LogP contribution in [0.2, 0.25) is 0 Å². The van der Waals surface area contributed by atoms with Gasteiger partial charge in [-0.1, -0.05) is 0 Å². The number of aliphatic hydroxyl groups excluding tert-OH is 1. The van der Waals surface area contributed by atoms with E-state index in [0.717, 1.165) is 0 Å². The molecule has 94 valence electrons. The molecule has 0 bridgehead atoms. The maximum Gasteiger partial charge on any atom is 0.325 e. The number of hydrogen-bond donors (Lipinski definition) is 1. The second-order valence-electron chi connectivity index (χ2n) is 3.60. The first-order valence-electron chi connectivity index (χ1n) is 5.62. The maximum absolute atomic E-state index is 11.6. The summed E-state index contributed by atoms with van der Waals surface area (Å²) in [5, 5.41) is 9.06.